The predicted octanol–water partition coefficient (Wildman–Crippen LogP) is 0.426. The molecular weight excluding hydrogens is 246 g/mol. The van der Waals surface area contributed by atoms with E-state index < -0.39 is 5.41 Å². The average Bonchev–Trinajstić information content (AvgIpc) is 2.59. The molecule has 0 bridgehead atoms. The van der Waals surface area contributed by atoms with Gasteiger partial charge >= 0.3 is 0 Å². The van der Waals surface area contributed by atoms with Crippen molar-refractivity contribution in [3.8, 4) is 0 Å². The summed E-state index contributed by atoms with van der Waals surface area (Å²) < 4.78 is 1.77. The summed E-state index contributed by atoms with van der Waals surface area (Å²) in [5, 5.41) is 18.6. The average molecular weight is 267 g/mol. The van der Waals surface area contributed by atoms with Crippen LogP contribution in [0, 0.1) is 19.3 Å². The van der Waals surface area contributed by atoms with Crippen molar-refractivity contribution < 1.29 is 10.0 Å². The molecule has 1 aromatic heterocycles. The maximum Gasteiger partial charge on any atom is 0.233 e. The molecular formula is C12H21N5O2. The minimum atomic E-state index is -1.06. The molecule has 0 saturated carbocycles. The number of aryl methyl sites for hydroxylation is 2. The standard InChI is InChI=1S/C12H21N5O2/c1-7-9(8(2)17(5)15-7)6-14-11(18)12(3,4)10(13)16-19/h19H,6H2,1-5H3,(H2,13,16)(H,14,18). The summed E-state index contributed by atoms with van der Waals surface area (Å²) in [7, 11) is 1.86. The second-order valence-corrected chi connectivity index (χ2v) is 5.07. The van der Waals surface area contributed by atoms with Gasteiger partial charge in [0.1, 0.15) is 5.41 Å². The molecule has 0 aliphatic carbocycles. The minimum absolute atomic E-state index is 0.121. The first-order valence-electron chi connectivity index (χ1n) is 5.97. The Morgan fingerprint density at radius 1 is 1.53 bits per heavy atom. The number of amides is 1. The first-order valence-corrected chi connectivity index (χ1v) is 5.97. The van der Waals surface area contributed by atoms with E-state index in [9.17, 15) is 4.79 Å². The Kier molecular flexibility index (Phi) is 4.18. The molecule has 7 heteroatoms. The molecule has 7 nitrogen and oxygen atoms in total. The molecule has 4 N–H and O–H groups in total. The van der Waals surface area contributed by atoms with Crippen molar-refractivity contribution in [3.63, 3.8) is 0 Å². The topological polar surface area (TPSA) is 106 Å². The zero-order valence-corrected chi connectivity index (χ0v) is 12.0. The van der Waals surface area contributed by atoms with Crippen LogP contribution >= 0.6 is 0 Å². The highest BCUT2D eigenvalue weighted by atomic mass is 16.4. The fourth-order valence-corrected chi connectivity index (χ4v) is 1.70. The third kappa shape index (κ3) is 2.86. The van der Waals surface area contributed by atoms with Crippen LogP contribution < -0.4 is 11.1 Å². The van der Waals surface area contributed by atoms with Crippen LogP contribution in [0.4, 0.5) is 0 Å². The monoisotopic (exact) mass is 267 g/mol. The SMILES string of the molecule is Cc1nn(C)c(C)c1CNC(=O)C(C)(C)C(N)=NO. The van der Waals surface area contributed by atoms with Crippen LogP contribution in [0.2, 0.25) is 0 Å². The molecule has 1 rings (SSSR count). The molecule has 0 aliphatic rings. The van der Waals surface area contributed by atoms with Gasteiger partial charge in [-0.2, -0.15) is 5.10 Å². The van der Waals surface area contributed by atoms with E-state index in [0.717, 1.165) is 17.0 Å². The Hall–Kier alpha value is -2.05. The maximum absolute atomic E-state index is 12.1. The largest absolute Gasteiger partial charge is 0.409 e. The Labute approximate surface area is 112 Å². The third-order valence-electron chi connectivity index (χ3n) is 3.40. The second-order valence-electron chi connectivity index (χ2n) is 5.07. The molecule has 1 aromatic rings. The number of carbonyl (C=O) groups excluding carboxylic acids is 1. The first-order chi connectivity index (χ1) is 8.71. The summed E-state index contributed by atoms with van der Waals surface area (Å²) in [5.41, 5.74) is 7.30. The van der Waals surface area contributed by atoms with Crippen molar-refractivity contribution in [1.29, 1.82) is 0 Å². The van der Waals surface area contributed by atoms with Crippen LogP contribution in [0.1, 0.15) is 30.8 Å². The van der Waals surface area contributed by atoms with E-state index in [2.05, 4.69) is 15.6 Å². The third-order valence-corrected chi connectivity index (χ3v) is 3.40. The van der Waals surface area contributed by atoms with Crippen molar-refractivity contribution in [2.24, 2.45) is 23.4 Å². The van der Waals surface area contributed by atoms with Gasteiger partial charge in [-0.15, -0.1) is 0 Å². The van der Waals surface area contributed by atoms with Crippen molar-refractivity contribution >= 4 is 11.7 Å². The quantitative estimate of drug-likeness (QED) is 0.318. The molecule has 0 unspecified atom stereocenters. The highest BCUT2D eigenvalue weighted by Crippen LogP contribution is 2.17. The number of carbonyl (C=O) groups is 1. The lowest BCUT2D eigenvalue weighted by molar-refractivity contribution is -0.126. The van der Waals surface area contributed by atoms with Gasteiger partial charge < -0.3 is 16.3 Å². The van der Waals surface area contributed by atoms with Gasteiger partial charge in [-0.1, -0.05) is 5.16 Å². The maximum atomic E-state index is 12.1. The Morgan fingerprint density at radius 2 is 2.11 bits per heavy atom. The number of oxime groups is 1. The van der Waals surface area contributed by atoms with Gasteiger partial charge in [0.2, 0.25) is 5.91 Å². The Balaban J connectivity index is 2.80. The number of nitrogens with two attached hydrogens (primary N) is 1. The highest BCUT2D eigenvalue weighted by Gasteiger charge is 2.32. The van der Waals surface area contributed by atoms with Crippen LogP contribution in [0.25, 0.3) is 0 Å². The van der Waals surface area contributed by atoms with E-state index in [4.69, 9.17) is 10.9 Å². The number of hydrogen-bond acceptors (Lipinski definition) is 4. The summed E-state index contributed by atoms with van der Waals surface area (Å²) in [4.78, 5) is 12.1. The molecule has 0 radical (unpaired) electrons. The smallest absolute Gasteiger partial charge is 0.233 e. The van der Waals surface area contributed by atoms with E-state index in [-0.39, 0.29) is 11.7 Å². The molecule has 1 amide bonds. The van der Waals surface area contributed by atoms with Gasteiger partial charge in [0, 0.05) is 24.8 Å². The summed E-state index contributed by atoms with van der Waals surface area (Å²) in [6.45, 7) is 7.40. The van der Waals surface area contributed by atoms with Gasteiger partial charge in [-0.3, -0.25) is 9.48 Å². The molecule has 0 aromatic carbocycles. The van der Waals surface area contributed by atoms with Crippen molar-refractivity contribution in [1.82, 2.24) is 15.1 Å². The van der Waals surface area contributed by atoms with Crippen molar-refractivity contribution in [3.05, 3.63) is 17.0 Å². The van der Waals surface area contributed by atoms with E-state index in [0.29, 0.717) is 6.54 Å². The molecule has 0 atom stereocenters. The molecule has 0 aliphatic heterocycles. The van der Waals surface area contributed by atoms with Gasteiger partial charge in [0.05, 0.1) is 5.69 Å². The lowest BCUT2D eigenvalue weighted by Crippen LogP contribution is -2.45. The molecule has 0 saturated heterocycles. The summed E-state index contributed by atoms with van der Waals surface area (Å²) >= 11 is 0. The lowest BCUT2D eigenvalue weighted by atomic mass is 9.91. The van der Waals surface area contributed by atoms with Crippen LogP contribution in [0.3, 0.4) is 0 Å². The zero-order chi connectivity index (χ0) is 14.8. The summed E-state index contributed by atoms with van der Waals surface area (Å²) in [5.74, 6) is -0.421. The van der Waals surface area contributed by atoms with E-state index in [1.165, 1.54) is 0 Å². The number of hydrogen-bond donors (Lipinski definition) is 3. The Morgan fingerprint density at radius 3 is 2.53 bits per heavy atom. The number of aromatic nitrogens is 2. The van der Waals surface area contributed by atoms with E-state index in [1.54, 1.807) is 18.5 Å². The fourth-order valence-electron chi connectivity index (χ4n) is 1.70. The number of rotatable bonds is 4. The number of nitrogens with one attached hydrogen (secondary N) is 1. The Bertz CT molecular complexity index is 516. The van der Waals surface area contributed by atoms with Crippen molar-refractivity contribution in [2.75, 3.05) is 0 Å². The number of nitrogens with zero attached hydrogens (tertiary/aromatic N) is 3. The molecule has 0 fully saturated rings. The van der Waals surface area contributed by atoms with Gasteiger partial charge in [-0.05, 0) is 27.7 Å². The molecule has 106 valence electrons. The molecule has 19 heavy (non-hydrogen) atoms. The zero-order valence-electron chi connectivity index (χ0n) is 12.0. The van der Waals surface area contributed by atoms with Gasteiger partial charge in [0.15, 0.2) is 5.84 Å². The minimum Gasteiger partial charge on any atom is -0.409 e. The van der Waals surface area contributed by atoms with E-state index in [1.807, 2.05) is 20.9 Å². The van der Waals surface area contributed by atoms with Gasteiger partial charge in [-0.25, -0.2) is 0 Å². The van der Waals surface area contributed by atoms with Crippen molar-refractivity contribution in [2.45, 2.75) is 34.2 Å². The molecule has 0 spiro atoms. The first kappa shape index (κ1) is 15.0. The number of amidine groups is 1. The van der Waals surface area contributed by atoms with Crippen LogP contribution in [0.5, 0.6) is 0 Å². The summed E-state index contributed by atoms with van der Waals surface area (Å²) in [6, 6.07) is 0. The van der Waals surface area contributed by atoms with Crippen LogP contribution in [-0.2, 0) is 18.4 Å². The van der Waals surface area contributed by atoms with E-state index >= 15 is 0 Å². The van der Waals surface area contributed by atoms with Crippen LogP contribution in [-0.4, -0.2) is 26.7 Å². The lowest BCUT2D eigenvalue weighted by Gasteiger charge is -2.21. The normalized spacial score (nSPS) is 12.6. The fraction of sp³-hybridized carbons (Fsp3) is 0.583. The summed E-state index contributed by atoms with van der Waals surface area (Å²) in [6.07, 6.45) is 0. The highest BCUT2D eigenvalue weighted by molar-refractivity contribution is 6.05. The molecule has 1 heterocycles. The van der Waals surface area contributed by atoms with Gasteiger partial charge in [0.25, 0.3) is 0 Å². The predicted molar refractivity (Wildman–Crippen MR) is 71.7 cm³/mol. The van der Waals surface area contributed by atoms with Crippen LogP contribution in [0.15, 0.2) is 5.16 Å². The second kappa shape index (κ2) is 5.29.